The molecule has 1 aliphatic heterocycles. The van der Waals surface area contributed by atoms with Gasteiger partial charge in [0.05, 0.1) is 16.5 Å². The summed E-state index contributed by atoms with van der Waals surface area (Å²) in [6, 6.07) is 7.06. The molecule has 1 saturated heterocycles. The van der Waals surface area contributed by atoms with E-state index in [2.05, 4.69) is 25.7 Å². The van der Waals surface area contributed by atoms with Crippen LogP contribution < -0.4 is 5.43 Å². The quantitative estimate of drug-likeness (QED) is 0.415. The van der Waals surface area contributed by atoms with Crippen LogP contribution in [0.3, 0.4) is 0 Å². The molecule has 2 aliphatic rings. The summed E-state index contributed by atoms with van der Waals surface area (Å²) in [6.07, 6.45) is -2.00. The molecule has 0 spiro atoms. The topological polar surface area (TPSA) is 53.7 Å². The maximum Gasteiger partial charge on any atom is 0.450 e. The van der Waals surface area contributed by atoms with E-state index < -0.39 is 28.7 Å². The number of fused-ring (bicyclic) bond motifs is 3. The second-order valence-corrected chi connectivity index (χ2v) is 11.2. The highest BCUT2D eigenvalue weighted by Gasteiger charge is 2.49. The number of hydrogen-bond acceptors (Lipinski definition) is 4. The van der Waals surface area contributed by atoms with Crippen LogP contribution in [0.2, 0.25) is 0 Å². The highest BCUT2D eigenvalue weighted by atomic mass is 19.4. The number of phenols is 1. The fourth-order valence-corrected chi connectivity index (χ4v) is 6.50. The summed E-state index contributed by atoms with van der Waals surface area (Å²) in [4.78, 5) is 15.5. The van der Waals surface area contributed by atoms with Crippen LogP contribution in [-0.4, -0.2) is 22.6 Å². The summed E-state index contributed by atoms with van der Waals surface area (Å²) in [7, 11) is 0. The van der Waals surface area contributed by atoms with Crippen molar-refractivity contribution in [2.45, 2.75) is 58.8 Å². The fraction of sp³-hybridized carbons (Fsp3) is 0.444. The van der Waals surface area contributed by atoms with Gasteiger partial charge in [-0.3, -0.25) is 9.69 Å². The minimum Gasteiger partial charge on any atom is -0.507 e. The van der Waals surface area contributed by atoms with Crippen LogP contribution in [0.1, 0.15) is 51.4 Å². The Labute approximate surface area is 200 Å². The summed E-state index contributed by atoms with van der Waals surface area (Å²) >= 11 is 0. The third-order valence-corrected chi connectivity index (χ3v) is 7.41. The summed E-state index contributed by atoms with van der Waals surface area (Å²) in [6.45, 7) is 7.60. The van der Waals surface area contributed by atoms with E-state index in [0.29, 0.717) is 0 Å². The van der Waals surface area contributed by atoms with Crippen LogP contribution >= 0.6 is 0 Å². The lowest BCUT2D eigenvalue weighted by Gasteiger charge is -2.40. The van der Waals surface area contributed by atoms with Crippen molar-refractivity contribution in [2.75, 3.05) is 6.54 Å². The molecule has 2 bridgehead atoms. The van der Waals surface area contributed by atoms with Crippen molar-refractivity contribution in [1.82, 2.24) is 4.90 Å². The zero-order valence-corrected chi connectivity index (χ0v) is 19.8. The van der Waals surface area contributed by atoms with Crippen LogP contribution in [-0.2, 0) is 12.7 Å². The Morgan fingerprint density at radius 1 is 1.09 bits per heavy atom. The lowest BCUT2D eigenvalue weighted by atomic mass is 9.65. The van der Waals surface area contributed by atoms with Crippen molar-refractivity contribution < 1.29 is 27.1 Å². The Bertz CT molecular complexity index is 1360. The molecule has 5 rings (SSSR count). The number of rotatable bonds is 3. The standard InChI is InChI=1S/C27H27F4NO3/c1-25(2)10-17-11-26(3,13-25)14-32(17)12-19-20(33)9-8-18-22(34)21(15-4-6-16(28)7-5-15)24(27(29,30)31)35-23(18)19/h4-9,17,33H,10-14H2,1-3H3/t17-,26+/m0/s1. The predicted molar refractivity (Wildman–Crippen MR) is 124 cm³/mol. The van der Waals surface area contributed by atoms with E-state index in [1.54, 1.807) is 0 Å². The Balaban J connectivity index is 1.66. The van der Waals surface area contributed by atoms with Gasteiger partial charge in [-0.2, -0.15) is 13.2 Å². The van der Waals surface area contributed by atoms with Crippen molar-refractivity contribution in [2.24, 2.45) is 10.8 Å². The molecule has 35 heavy (non-hydrogen) atoms. The zero-order valence-electron chi connectivity index (χ0n) is 19.8. The van der Waals surface area contributed by atoms with Gasteiger partial charge in [0.2, 0.25) is 11.2 Å². The number of aromatic hydroxyl groups is 1. The van der Waals surface area contributed by atoms with Gasteiger partial charge < -0.3 is 9.52 Å². The number of likely N-dealkylation sites (tertiary alicyclic amines) is 1. The van der Waals surface area contributed by atoms with Gasteiger partial charge in [0.25, 0.3) is 0 Å². The summed E-state index contributed by atoms with van der Waals surface area (Å²) < 4.78 is 61.1. The van der Waals surface area contributed by atoms with Crippen molar-refractivity contribution in [3.63, 3.8) is 0 Å². The number of halogens is 4. The molecule has 0 radical (unpaired) electrons. The number of benzene rings is 2. The molecule has 1 aliphatic carbocycles. The van der Waals surface area contributed by atoms with E-state index in [0.717, 1.165) is 50.1 Å². The molecule has 4 nitrogen and oxygen atoms in total. The number of hydrogen-bond donors (Lipinski definition) is 1. The molecular weight excluding hydrogens is 462 g/mol. The van der Waals surface area contributed by atoms with Crippen molar-refractivity contribution in [3.8, 4) is 16.9 Å². The van der Waals surface area contributed by atoms with Gasteiger partial charge in [-0.25, -0.2) is 4.39 Å². The summed E-state index contributed by atoms with van der Waals surface area (Å²) in [5.41, 5.74) is -1.50. The monoisotopic (exact) mass is 489 g/mol. The second-order valence-electron chi connectivity index (χ2n) is 11.2. The fourth-order valence-electron chi connectivity index (χ4n) is 6.50. The smallest absolute Gasteiger partial charge is 0.450 e. The summed E-state index contributed by atoms with van der Waals surface area (Å²) in [5.74, 6) is -2.30. The van der Waals surface area contributed by atoms with Crippen molar-refractivity contribution >= 4 is 11.0 Å². The maximum absolute atomic E-state index is 14.1. The van der Waals surface area contributed by atoms with Gasteiger partial charge in [-0.15, -0.1) is 0 Å². The molecule has 2 aromatic carbocycles. The van der Waals surface area contributed by atoms with Gasteiger partial charge in [-0.1, -0.05) is 32.9 Å². The molecule has 8 heteroatoms. The van der Waals surface area contributed by atoms with Crippen LogP contribution in [0.25, 0.3) is 22.1 Å². The molecule has 3 aromatic rings. The first-order valence-corrected chi connectivity index (χ1v) is 11.7. The third-order valence-electron chi connectivity index (χ3n) is 7.41. The first-order chi connectivity index (χ1) is 16.3. The lowest BCUT2D eigenvalue weighted by molar-refractivity contribution is -0.152. The molecule has 2 heterocycles. The van der Waals surface area contributed by atoms with Crippen LogP contribution in [0.15, 0.2) is 45.6 Å². The van der Waals surface area contributed by atoms with Crippen LogP contribution in [0.4, 0.5) is 17.6 Å². The first-order valence-electron chi connectivity index (χ1n) is 11.7. The molecule has 0 amide bonds. The molecule has 1 N–H and O–H groups in total. The zero-order chi connectivity index (χ0) is 25.3. The van der Waals surface area contributed by atoms with E-state index in [1.165, 1.54) is 12.1 Å². The Morgan fingerprint density at radius 3 is 2.43 bits per heavy atom. The SMILES string of the molecule is CC1(C)C[C@H]2C[C@@](C)(CN2Cc2c(O)ccc3c(=O)c(-c4ccc(F)cc4)c(C(F)(F)F)oc23)C1. The highest BCUT2D eigenvalue weighted by molar-refractivity contribution is 5.86. The number of alkyl halides is 3. The number of phenolic OH excluding ortho intramolecular Hbond substituents is 1. The summed E-state index contributed by atoms with van der Waals surface area (Å²) in [5, 5.41) is 10.6. The average Bonchev–Trinajstić information content (AvgIpc) is 2.97. The van der Waals surface area contributed by atoms with Crippen LogP contribution in [0.5, 0.6) is 5.75 Å². The number of nitrogens with zero attached hydrogens (tertiary/aromatic N) is 1. The molecule has 2 fully saturated rings. The van der Waals surface area contributed by atoms with E-state index in [1.807, 2.05) is 0 Å². The second kappa shape index (κ2) is 7.82. The first kappa shape index (κ1) is 23.9. The van der Waals surface area contributed by atoms with E-state index in [4.69, 9.17) is 4.42 Å². The normalized spacial score (nSPS) is 24.3. The minimum atomic E-state index is -4.97. The minimum absolute atomic E-state index is 0.0566. The van der Waals surface area contributed by atoms with Gasteiger partial charge in [0.15, 0.2) is 0 Å². The predicted octanol–water partition coefficient (Wildman–Crippen LogP) is 6.72. The van der Waals surface area contributed by atoms with E-state index >= 15 is 0 Å². The molecule has 0 unspecified atom stereocenters. The maximum atomic E-state index is 14.1. The van der Waals surface area contributed by atoms with E-state index in [-0.39, 0.29) is 51.3 Å². The molecule has 1 aromatic heterocycles. The highest BCUT2D eigenvalue weighted by Crippen LogP contribution is 2.53. The molecular formula is C27H27F4NO3. The van der Waals surface area contributed by atoms with Crippen molar-refractivity contribution in [3.05, 3.63) is 63.8 Å². The van der Waals surface area contributed by atoms with Gasteiger partial charge >= 0.3 is 6.18 Å². The van der Waals surface area contributed by atoms with Gasteiger partial charge in [-0.05, 0) is 59.9 Å². The molecule has 2 atom stereocenters. The molecule has 186 valence electrons. The average molecular weight is 490 g/mol. The Hall–Kier alpha value is -2.87. The third kappa shape index (κ3) is 4.22. The van der Waals surface area contributed by atoms with Crippen molar-refractivity contribution in [1.29, 1.82) is 0 Å². The van der Waals surface area contributed by atoms with E-state index in [9.17, 15) is 27.5 Å². The van der Waals surface area contributed by atoms with Crippen LogP contribution in [0, 0.1) is 16.6 Å². The lowest BCUT2D eigenvalue weighted by Crippen LogP contribution is -2.34. The Kier molecular flexibility index (Phi) is 5.33. The van der Waals surface area contributed by atoms with Gasteiger partial charge in [0.1, 0.15) is 17.1 Å². The molecule has 1 saturated carbocycles. The largest absolute Gasteiger partial charge is 0.507 e. The Morgan fingerprint density at radius 2 is 1.77 bits per heavy atom. The van der Waals surface area contributed by atoms with Gasteiger partial charge in [0, 0.05) is 19.1 Å².